The second-order valence-electron chi connectivity index (χ2n) is 3.81. The van der Waals surface area contributed by atoms with Crippen molar-refractivity contribution in [2.75, 3.05) is 6.61 Å². The highest BCUT2D eigenvalue weighted by Crippen LogP contribution is 2.23. The van der Waals surface area contributed by atoms with Crippen LogP contribution in [0, 0.1) is 0 Å². The third-order valence-corrected chi connectivity index (χ3v) is 2.55. The van der Waals surface area contributed by atoms with Gasteiger partial charge in [0.2, 0.25) is 0 Å². The van der Waals surface area contributed by atoms with Gasteiger partial charge in [-0.1, -0.05) is 0 Å². The van der Waals surface area contributed by atoms with E-state index in [0.29, 0.717) is 0 Å². The average molecular weight is 252 g/mol. The Balaban J connectivity index is 2.74. The standard InChI is InChI=1S/C9H16O8/c1-3(8(13)14)16-7-5(11)4(2-10)17-9(15)6(7)12/h3-7,9-12,15H,2H2,1H3,(H,13,14)/t3-,4-,5+,6-,7+,9+/m1/s1. The van der Waals surface area contributed by atoms with Gasteiger partial charge in [-0.3, -0.25) is 0 Å². The molecule has 0 aromatic heterocycles. The fourth-order valence-corrected chi connectivity index (χ4v) is 1.52. The zero-order valence-electron chi connectivity index (χ0n) is 9.13. The van der Waals surface area contributed by atoms with Gasteiger partial charge in [0.25, 0.3) is 0 Å². The maximum absolute atomic E-state index is 10.6. The minimum absolute atomic E-state index is 0.591. The Kier molecular flexibility index (Phi) is 4.80. The molecular formula is C9H16O8. The van der Waals surface area contributed by atoms with Gasteiger partial charge >= 0.3 is 5.97 Å². The summed E-state index contributed by atoms with van der Waals surface area (Å²) in [6.45, 7) is 0.629. The zero-order valence-corrected chi connectivity index (χ0v) is 9.13. The highest BCUT2D eigenvalue weighted by Gasteiger charge is 2.45. The summed E-state index contributed by atoms with van der Waals surface area (Å²) in [6, 6.07) is 0. The van der Waals surface area contributed by atoms with Crippen molar-refractivity contribution in [1.29, 1.82) is 0 Å². The van der Waals surface area contributed by atoms with Gasteiger partial charge in [0.1, 0.15) is 24.4 Å². The average Bonchev–Trinajstić information content (AvgIpc) is 2.28. The number of carbonyl (C=O) groups is 1. The third kappa shape index (κ3) is 3.12. The topological polar surface area (TPSA) is 137 Å². The van der Waals surface area contributed by atoms with Crippen molar-refractivity contribution in [2.24, 2.45) is 0 Å². The molecule has 0 unspecified atom stereocenters. The number of carboxylic acid groups (broad SMARTS) is 1. The maximum atomic E-state index is 10.6. The number of aliphatic carboxylic acids is 1. The second-order valence-corrected chi connectivity index (χ2v) is 3.81. The number of aliphatic hydroxyl groups is 4. The first kappa shape index (κ1) is 14.3. The number of hydrogen-bond donors (Lipinski definition) is 5. The summed E-state index contributed by atoms with van der Waals surface area (Å²) in [6.07, 6.45) is -8.42. The highest BCUT2D eigenvalue weighted by molar-refractivity contribution is 5.71. The van der Waals surface area contributed by atoms with Crippen LogP contribution in [0.15, 0.2) is 0 Å². The van der Waals surface area contributed by atoms with E-state index in [2.05, 4.69) is 0 Å². The van der Waals surface area contributed by atoms with E-state index in [4.69, 9.17) is 19.7 Å². The summed E-state index contributed by atoms with van der Waals surface area (Å²) in [5.74, 6) is -1.27. The van der Waals surface area contributed by atoms with E-state index in [1.165, 1.54) is 6.92 Å². The molecule has 1 aliphatic rings. The normalized spacial score (nSPS) is 39.9. The minimum Gasteiger partial charge on any atom is -0.479 e. The van der Waals surface area contributed by atoms with E-state index in [-0.39, 0.29) is 0 Å². The van der Waals surface area contributed by atoms with Crippen molar-refractivity contribution in [2.45, 2.75) is 43.7 Å². The van der Waals surface area contributed by atoms with Gasteiger partial charge in [-0.15, -0.1) is 0 Å². The molecule has 0 aromatic rings. The highest BCUT2D eigenvalue weighted by atomic mass is 16.6. The van der Waals surface area contributed by atoms with Crippen LogP contribution >= 0.6 is 0 Å². The predicted molar refractivity (Wildman–Crippen MR) is 52.0 cm³/mol. The number of rotatable bonds is 4. The monoisotopic (exact) mass is 252 g/mol. The smallest absolute Gasteiger partial charge is 0.332 e. The van der Waals surface area contributed by atoms with E-state index in [1.807, 2.05) is 0 Å². The van der Waals surface area contributed by atoms with E-state index < -0.39 is 49.4 Å². The van der Waals surface area contributed by atoms with Crippen molar-refractivity contribution in [3.05, 3.63) is 0 Å². The van der Waals surface area contributed by atoms with E-state index in [1.54, 1.807) is 0 Å². The molecule has 0 aliphatic carbocycles. The van der Waals surface area contributed by atoms with Crippen molar-refractivity contribution in [3.63, 3.8) is 0 Å². The van der Waals surface area contributed by atoms with E-state index in [0.717, 1.165) is 0 Å². The van der Waals surface area contributed by atoms with Crippen molar-refractivity contribution >= 4 is 5.97 Å². The summed E-state index contributed by atoms with van der Waals surface area (Å²) in [4.78, 5) is 10.6. The molecule has 0 amide bonds. The Hall–Kier alpha value is -0.770. The lowest BCUT2D eigenvalue weighted by molar-refractivity contribution is -0.298. The van der Waals surface area contributed by atoms with Crippen LogP contribution in [0.25, 0.3) is 0 Å². The molecule has 0 bridgehead atoms. The molecule has 0 radical (unpaired) electrons. The van der Waals surface area contributed by atoms with Gasteiger partial charge in [-0.25, -0.2) is 4.79 Å². The minimum atomic E-state index is -1.65. The number of carboxylic acids is 1. The van der Waals surface area contributed by atoms with Gasteiger partial charge in [0.05, 0.1) is 6.61 Å². The van der Waals surface area contributed by atoms with Crippen LogP contribution < -0.4 is 0 Å². The molecule has 0 saturated carbocycles. The summed E-state index contributed by atoms with van der Waals surface area (Å²) >= 11 is 0. The van der Waals surface area contributed by atoms with Crippen molar-refractivity contribution in [3.8, 4) is 0 Å². The summed E-state index contributed by atoms with van der Waals surface area (Å²) in [5, 5.41) is 46.0. The summed E-state index contributed by atoms with van der Waals surface area (Å²) in [7, 11) is 0. The Morgan fingerprint density at radius 1 is 1.35 bits per heavy atom. The SMILES string of the molecule is C[C@@H](O[C@@H]1[C@@H](O)[C@@H](O)O[C@H](CO)[C@@H]1O)C(=O)O. The third-order valence-electron chi connectivity index (χ3n) is 2.55. The first-order valence-electron chi connectivity index (χ1n) is 5.07. The van der Waals surface area contributed by atoms with Crippen LogP contribution in [0.4, 0.5) is 0 Å². The zero-order chi connectivity index (χ0) is 13.2. The molecule has 5 N–H and O–H groups in total. The van der Waals surface area contributed by atoms with Gasteiger partial charge in [0.15, 0.2) is 12.4 Å². The van der Waals surface area contributed by atoms with Crippen LogP contribution in [0.1, 0.15) is 6.92 Å². The lowest BCUT2D eigenvalue weighted by Crippen LogP contribution is -2.60. The molecule has 17 heavy (non-hydrogen) atoms. The predicted octanol–water partition coefficient (Wildman–Crippen LogP) is -2.72. The molecule has 1 aliphatic heterocycles. The molecule has 1 saturated heterocycles. The fraction of sp³-hybridized carbons (Fsp3) is 0.889. The van der Waals surface area contributed by atoms with Crippen LogP contribution in [0.5, 0.6) is 0 Å². The first-order valence-corrected chi connectivity index (χ1v) is 5.07. The van der Waals surface area contributed by atoms with Crippen molar-refractivity contribution < 1.29 is 39.8 Å². The summed E-state index contributed by atoms with van der Waals surface area (Å²) in [5.41, 5.74) is 0. The van der Waals surface area contributed by atoms with Crippen LogP contribution in [0.3, 0.4) is 0 Å². The quantitative estimate of drug-likeness (QED) is 0.364. The molecule has 8 heteroatoms. The van der Waals surface area contributed by atoms with Gasteiger partial charge in [-0.05, 0) is 6.92 Å². The maximum Gasteiger partial charge on any atom is 0.332 e. The molecule has 8 nitrogen and oxygen atoms in total. The molecule has 1 heterocycles. The first-order chi connectivity index (χ1) is 7.88. The Morgan fingerprint density at radius 2 is 1.94 bits per heavy atom. The molecule has 1 fully saturated rings. The molecular weight excluding hydrogens is 236 g/mol. The molecule has 100 valence electrons. The van der Waals surface area contributed by atoms with E-state index >= 15 is 0 Å². The van der Waals surface area contributed by atoms with Gasteiger partial charge < -0.3 is 35.0 Å². The van der Waals surface area contributed by atoms with Crippen LogP contribution in [-0.2, 0) is 14.3 Å². The van der Waals surface area contributed by atoms with E-state index in [9.17, 15) is 20.1 Å². The fourth-order valence-electron chi connectivity index (χ4n) is 1.52. The lowest BCUT2D eigenvalue weighted by Gasteiger charge is -2.40. The molecule has 1 rings (SSSR count). The van der Waals surface area contributed by atoms with Crippen LogP contribution in [-0.4, -0.2) is 74.9 Å². The Morgan fingerprint density at radius 3 is 2.41 bits per heavy atom. The Labute approximate surface area is 97.0 Å². The van der Waals surface area contributed by atoms with Gasteiger partial charge in [0, 0.05) is 0 Å². The number of aliphatic hydroxyl groups excluding tert-OH is 4. The molecule has 0 aromatic carbocycles. The Bertz CT molecular complexity index is 270. The molecule has 6 atom stereocenters. The van der Waals surface area contributed by atoms with Gasteiger partial charge in [-0.2, -0.15) is 0 Å². The number of hydrogen-bond acceptors (Lipinski definition) is 7. The number of ether oxygens (including phenoxy) is 2. The summed E-state index contributed by atoms with van der Waals surface area (Å²) < 4.78 is 9.64. The van der Waals surface area contributed by atoms with Crippen molar-refractivity contribution in [1.82, 2.24) is 0 Å². The second kappa shape index (κ2) is 5.71. The molecule has 0 spiro atoms. The largest absolute Gasteiger partial charge is 0.479 e. The lowest BCUT2D eigenvalue weighted by atomic mass is 9.99. The van der Waals surface area contributed by atoms with Crippen LogP contribution in [0.2, 0.25) is 0 Å².